The number of H-pyrrole nitrogens is 1. The van der Waals surface area contributed by atoms with Crippen LogP contribution >= 0.6 is 15.9 Å². The van der Waals surface area contributed by atoms with Gasteiger partial charge in [0, 0.05) is 35.0 Å². The van der Waals surface area contributed by atoms with Crippen LogP contribution in [0, 0.1) is 0 Å². The van der Waals surface area contributed by atoms with E-state index in [2.05, 4.69) is 73.9 Å². The number of nitrogens with zero attached hydrogens (tertiary/aromatic N) is 3. The fourth-order valence-electron chi connectivity index (χ4n) is 2.43. The van der Waals surface area contributed by atoms with Crippen LogP contribution in [0.5, 0.6) is 0 Å². The summed E-state index contributed by atoms with van der Waals surface area (Å²) < 4.78 is 0.946. The van der Waals surface area contributed by atoms with Gasteiger partial charge < -0.3 is 9.88 Å². The Balaban J connectivity index is 1.95. The molecule has 0 atom stereocenters. The second kappa shape index (κ2) is 5.85. The number of hydrogen-bond acceptors (Lipinski definition) is 3. The number of nitrogens with one attached hydrogen (secondary N) is 1. The molecule has 2 heterocycles. The monoisotopic (exact) mass is 344 g/mol. The van der Waals surface area contributed by atoms with Gasteiger partial charge in [0.05, 0.1) is 5.52 Å². The van der Waals surface area contributed by atoms with Crippen LogP contribution in [0.4, 0.5) is 5.69 Å². The van der Waals surface area contributed by atoms with E-state index in [1.54, 1.807) is 6.20 Å². The minimum Gasteiger partial charge on any atom is -0.372 e. The van der Waals surface area contributed by atoms with Gasteiger partial charge in [0.25, 0.3) is 0 Å². The van der Waals surface area contributed by atoms with Crippen LogP contribution in [-0.2, 0) is 0 Å². The lowest BCUT2D eigenvalue weighted by Gasteiger charge is -2.20. The van der Waals surface area contributed by atoms with Crippen LogP contribution in [0.1, 0.15) is 13.8 Å². The van der Waals surface area contributed by atoms with Crippen LogP contribution in [-0.4, -0.2) is 28.0 Å². The summed E-state index contributed by atoms with van der Waals surface area (Å²) in [6.07, 6.45) is 1.76. The van der Waals surface area contributed by atoms with E-state index < -0.39 is 0 Å². The van der Waals surface area contributed by atoms with Crippen LogP contribution in [0.25, 0.3) is 22.6 Å². The summed E-state index contributed by atoms with van der Waals surface area (Å²) in [5, 5.41) is 0. The van der Waals surface area contributed by atoms with Gasteiger partial charge in [0.15, 0.2) is 5.65 Å². The van der Waals surface area contributed by atoms with Crippen LogP contribution in [0.3, 0.4) is 0 Å². The van der Waals surface area contributed by atoms with Crippen molar-refractivity contribution in [2.75, 3.05) is 18.0 Å². The summed E-state index contributed by atoms with van der Waals surface area (Å²) in [6, 6.07) is 10.5. The largest absolute Gasteiger partial charge is 0.372 e. The number of fused-ring (bicyclic) bond motifs is 1. The molecule has 0 radical (unpaired) electrons. The Hall–Kier alpha value is -1.88. The highest BCUT2D eigenvalue weighted by Crippen LogP contribution is 2.24. The molecule has 2 aromatic heterocycles. The standard InChI is InChI=1S/C16H17BrN4/c1-3-21(4-2)13-7-5-11(6-8-13)15-19-14-9-12(17)10-18-16(14)20-15/h5-10H,3-4H2,1-2H3,(H,18,19,20). The average molecular weight is 345 g/mol. The minimum absolute atomic E-state index is 0.737. The summed E-state index contributed by atoms with van der Waals surface area (Å²) in [5.74, 6) is 0.849. The highest BCUT2D eigenvalue weighted by atomic mass is 79.9. The Labute approximate surface area is 132 Å². The summed E-state index contributed by atoms with van der Waals surface area (Å²) in [5.41, 5.74) is 3.98. The van der Waals surface area contributed by atoms with Crippen molar-refractivity contribution in [2.45, 2.75) is 13.8 Å². The molecule has 0 unspecified atom stereocenters. The average Bonchev–Trinajstić information content (AvgIpc) is 2.92. The molecule has 1 N–H and O–H groups in total. The maximum Gasteiger partial charge on any atom is 0.178 e. The lowest BCUT2D eigenvalue weighted by Crippen LogP contribution is -2.21. The van der Waals surface area contributed by atoms with E-state index in [1.807, 2.05) is 6.07 Å². The van der Waals surface area contributed by atoms with Crippen LogP contribution in [0.2, 0.25) is 0 Å². The van der Waals surface area contributed by atoms with Gasteiger partial charge in [0.2, 0.25) is 0 Å². The van der Waals surface area contributed by atoms with Gasteiger partial charge >= 0.3 is 0 Å². The maximum atomic E-state index is 4.54. The molecule has 0 bridgehead atoms. The number of anilines is 1. The number of pyridine rings is 1. The number of rotatable bonds is 4. The molecule has 1 aromatic carbocycles. The Bertz CT molecular complexity index is 745. The van der Waals surface area contributed by atoms with Crippen molar-refractivity contribution in [1.82, 2.24) is 15.0 Å². The van der Waals surface area contributed by atoms with Crippen LogP contribution in [0.15, 0.2) is 41.0 Å². The fourth-order valence-corrected chi connectivity index (χ4v) is 2.76. The third-order valence-corrected chi connectivity index (χ3v) is 4.01. The molecule has 0 fully saturated rings. The molecule has 3 aromatic rings. The van der Waals surface area contributed by atoms with Crippen molar-refractivity contribution in [3.63, 3.8) is 0 Å². The number of aromatic nitrogens is 3. The Morgan fingerprint density at radius 1 is 1.14 bits per heavy atom. The van der Waals surface area contributed by atoms with E-state index in [0.717, 1.165) is 40.1 Å². The van der Waals surface area contributed by atoms with E-state index >= 15 is 0 Å². The van der Waals surface area contributed by atoms with Gasteiger partial charge in [-0.1, -0.05) is 0 Å². The lowest BCUT2D eigenvalue weighted by molar-refractivity contribution is 0.866. The molecule has 0 saturated heterocycles. The van der Waals surface area contributed by atoms with Crippen molar-refractivity contribution in [1.29, 1.82) is 0 Å². The molecule has 4 nitrogen and oxygen atoms in total. The van der Waals surface area contributed by atoms with E-state index in [9.17, 15) is 0 Å². The Morgan fingerprint density at radius 3 is 2.52 bits per heavy atom. The second-order valence-corrected chi connectivity index (χ2v) is 5.74. The molecule has 0 amide bonds. The second-order valence-electron chi connectivity index (χ2n) is 4.83. The molecule has 0 aliphatic rings. The van der Waals surface area contributed by atoms with E-state index in [1.165, 1.54) is 5.69 Å². The first-order valence-electron chi connectivity index (χ1n) is 7.08. The van der Waals surface area contributed by atoms with E-state index in [4.69, 9.17) is 0 Å². The fraction of sp³-hybridized carbons (Fsp3) is 0.250. The highest BCUT2D eigenvalue weighted by Gasteiger charge is 2.08. The first-order chi connectivity index (χ1) is 10.2. The number of aromatic amines is 1. The predicted octanol–water partition coefficient (Wildman–Crippen LogP) is 4.23. The normalized spacial score (nSPS) is 11.0. The molecule has 0 spiro atoms. The molecule has 108 valence electrons. The quantitative estimate of drug-likeness (QED) is 0.770. The summed E-state index contributed by atoms with van der Waals surface area (Å²) >= 11 is 3.42. The molecular formula is C16H17BrN4. The van der Waals surface area contributed by atoms with Crippen molar-refractivity contribution >= 4 is 32.8 Å². The van der Waals surface area contributed by atoms with E-state index in [0.29, 0.717) is 0 Å². The van der Waals surface area contributed by atoms with Crippen molar-refractivity contribution < 1.29 is 0 Å². The van der Waals surface area contributed by atoms with Crippen LogP contribution < -0.4 is 4.90 Å². The van der Waals surface area contributed by atoms with Crippen molar-refractivity contribution in [3.05, 3.63) is 41.0 Å². The maximum absolute atomic E-state index is 4.54. The van der Waals surface area contributed by atoms with Crippen molar-refractivity contribution in [3.8, 4) is 11.4 Å². The Kier molecular flexibility index (Phi) is 3.92. The van der Waals surface area contributed by atoms with Gasteiger partial charge in [-0.05, 0) is 60.1 Å². The Morgan fingerprint density at radius 2 is 1.86 bits per heavy atom. The third-order valence-electron chi connectivity index (χ3n) is 3.57. The molecule has 5 heteroatoms. The van der Waals surface area contributed by atoms with Gasteiger partial charge in [-0.25, -0.2) is 9.97 Å². The first kappa shape index (κ1) is 14.1. The zero-order valence-electron chi connectivity index (χ0n) is 12.1. The summed E-state index contributed by atoms with van der Waals surface area (Å²) in [6.45, 7) is 6.36. The zero-order chi connectivity index (χ0) is 14.8. The molecule has 3 rings (SSSR count). The topological polar surface area (TPSA) is 44.8 Å². The number of hydrogen-bond donors (Lipinski definition) is 1. The minimum atomic E-state index is 0.737. The van der Waals surface area contributed by atoms with Gasteiger partial charge in [0.1, 0.15) is 5.82 Å². The molecule has 21 heavy (non-hydrogen) atoms. The van der Waals surface area contributed by atoms with Gasteiger partial charge in [-0.15, -0.1) is 0 Å². The number of benzene rings is 1. The molecule has 0 saturated carbocycles. The molecular weight excluding hydrogens is 328 g/mol. The van der Waals surface area contributed by atoms with Gasteiger partial charge in [-0.2, -0.15) is 0 Å². The third kappa shape index (κ3) is 2.78. The van der Waals surface area contributed by atoms with E-state index in [-0.39, 0.29) is 0 Å². The smallest absolute Gasteiger partial charge is 0.178 e. The summed E-state index contributed by atoms with van der Waals surface area (Å²) in [4.78, 5) is 14.5. The zero-order valence-corrected chi connectivity index (χ0v) is 13.7. The highest BCUT2D eigenvalue weighted by molar-refractivity contribution is 9.10. The number of imidazole rings is 1. The summed E-state index contributed by atoms with van der Waals surface area (Å²) in [7, 11) is 0. The van der Waals surface area contributed by atoms with Crippen molar-refractivity contribution in [2.24, 2.45) is 0 Å². The molecule has 0 aliphatic heterocycles. The van der Waals surface area contributed by atoms with Gasteiger partial charge in [-0.3, -0.25) is 0 Å². The lowest BCUT2D eigenvalue weighted by atomic mass is 10.2. The predicted molar refractivity (Wildman–Crippen MR) is 90.6 cm³/mol. The molecule has 0 aliphatic carbocycles. The number of halogens is 1. The first-order valence-corrected chi connectivity index (χ1v) is 7.87. The SMILES string of the molecule is CCN(CC)c1ccc(-c2nc3ncc(Br)cc3[nH]2)cc1.